The second-order valence-corrected chi connectivity index (χ2v) is 10.7. The third-order valence-corrected chi connectivity index (χ3v) is 7.75. The van der Waals surface area contributed by atoms with Gasteiger partial charge in [-0.15, -0.1) is 0 Å². The maximum atomic E-state index is 13.2. The summed E-state index contributed by atoms with van der Waals surface area (Å²) in [6.07, 6.45) is 0. The second kappa shape index (κ2) is 9.19. The molecule has 1 aliphatic heterocycles. The Labute approximate surface area is 206 Å². The maximum absolute atomic E-state index is 13.2. The van der Waals surface area contributed by atoms with Crippen molar-refractivity contribution in [2.75, 3.05) is 40.7 Å². The van der Waals surface area contributed by atoms with Gasteiger partial charge in [0.15, 0.2) is 11.6 Å². The van der Waals surface area contributed by atoms with Crippen LogP contribution in [0.2, 0.25) is 0 Å². The largest absolute Gasteiger partial charge is 0.368 e. The molecule has 35 heavy (non-hydrogen) atoms. The SMILES string of the molecule is Cc1ccc(S(=O)(=O)Nc2nc3ccccc3nc2N2CCN(c3cc(C)ccc3C)CC2)cc1. The first-order chi connectivity index (χ1) is 16.8. The number of aromatic nitrogens is 2. The molecular weight excluding hydrogens is 458 g/mol. The van der Waals surface area contributed by atoms with Gasteiger partial charge in [-0.2, -0.15) is 0 Å². The summed E-state index contributed by atoms with van der Waals surface area (Å²) in [5.74, 6) is 0.810. The van der Waals surface area contributed by atoms with Crippen molar-refractivity contribution < 1.29 is 8.42 Å². The molecule has 1 N–H and O–H groups in total. The van der Waals surface area contributed by atoms with Crippen LogP contribution in [0.15, 0.2) is 71.6 Å². The van der Waals surface area contributed by atoms with Gasteiger partial charge in [0.1, 0.15) is 0 Å². The summed E-state index contributed by atoms with van der Waals surface area (Å²) in [6.45, 7) is 9.20. The summed E-state index contributed by atoms with van der Waals surface area (Å²) in [5.41, 5.74) is 6.11. The predicted octanol–water partition coefficient (Wildman–Crippen LogP) is 4.68. The van der Waals surface area contributed by atoms with Gasteiger partial charge in [0, 0.05) is 31.9 Å². The molecule has 0 radical (unpaired) electrons. The first-order valence-corrected chi connectivity index (χ1v) is 13.2. The highest BCUT2D eigenvalue weighted by atomic mass is 32.2. The number of benzene rings is 3. The van der Waals surface area contributed by atoms with Gasteiger partial charge in [0.25, 0.3) is 10.0 Å². The van der Waals surface area contributed by atoms with Crippen molar-refractivity contribution in [1.29, 1.82) is 0 Å². The highest BCUT2D eigenvalue weighted by Crippen LogP contribution is 2.30. The van der Waals surface area contributed by atoms with Crippen LogP contribution in [0.5, 0.6) is 0 Å². The van der Waals surface area contributed by atoms with Crippen LogP contribution >= 0.6 is 0 Å². The lowest BCUT2D eigenvalue weighted by Crippen LogP contribution is -2.47. The van der Waals surface area contributed by atoms with Crippen molar-refractivity contribution in [3.63, 3.8) is 0 Å². The summed E-state index contributed by atoms with van der Waals surface area (Å²) in [4.78, 5) is 14.2. The monoisotopic (exact) mass is 487 g/mol. The van der Waals surface area contributed by atoms with E-state index in [9.17, 15) is 8.42 Å². The Kier molecular flexibility index (Phi) is 6.06. The average molecular weight is 488 g/mol. The quantitative estimate of drug-likeness (QED) is 0.440. The molecule has 2 heterocycles. The van der Waals surface area contributed by atoms with Crippen LogP contribution in [0.1, 0.15) is 16.7 Å². The number of fused-ring (bicyclic) bond motifs is 1. The molecule has 3 aromatic carbocycles. The van der Waals surface area contributed by atoms with E-state index in [4.69, 9.17) is 4.98 Å². The summed E-state index contributed by atoms with van der Waals surface area (Å²) >= 11 is 0. The summed E-state index contributed by atoms with van der Waals surface area (Å²) in [7, 11) is -3.81. The molecule has 180 valence electrons. The third-order valence-electron chi connectivity index (χ3n) is 6.40. The number of hydrogen-bond donors (Lipinski definition) is 1. The Morgan fingerprint density at radius 2 is 1.34 bits per heavy atom. The highest BCUT2D eigenvalue weighted by molar-refractivity contribution is 7.92. The van der Waals surface area contributed by atoms with Gasteiger partial charge in [0.2, 0.25) is 0 Å². The van der Waals surface area contributed by atoms with Crippen LogP contribution in [-0.4, -0.2) is 44.6 Å². The molecule has 1 fully saturated rings. The van der Waals surface area contributed by atoms with Crippen LogP contribution in [0.4, 0.5) is 17.3 Å². The Bertz CT molecular complexity index is 1480. The standard InChI is InChI=1S/C27H29N5O2S/c1-19-9-12-22(13-10-19)35(33,34)30-26-27(29-24-7-5-4-6-23(24)28-26)32-16-14-31(15-17-32)25-18-20(2)8-11-21(25)3/h4-13,18H,14-17H2,1-3H3,(H,28,30). The van der Waals surface area contributed by atoms with Crippen molar-refractivity contribution in [1.82, 2.24) is 9.97 Å². The van der Waals surface area contributed by atoms with Gasteiger partial charge < -0.3 is 9.80 Å². The molecule has 0 aliphatic carbocycles. The molecule has 0 atom stereocenters. The number of nitrogens with one attached hydrogen (secondary N) is 1. The fourth-order valence-corrected chi connectivity index (χ4v) is 5.41. The lowest BCUT2D eigenvalue weighted by atomic mass is 10.1. The first-order valence-electron chi connectivity index (χ1n) is 11.7. The first kappa shape index (κ1) is 23.1. The average Bonchev–Trinajstić information content (AvgIpc) is 2.85. The molecule has 7 nitrogen and oxygen atoms in total. The van der Waals surface area contributed by atoms with Gasteiger partial charge in [-0.1, -0.05) is 42.0 Å². The van der Waals surface area contributed by atoms with E-state index in [1.165, 1.54) is 16.8 Å². The molecule has 8 heteroatoms. The van der Waals surface area contributed by atoms with Gasteiger partial charge >= 0.3 is 0 Å². The van der Waals surface area contributed by atoms with E-state index in [0.717, 1.165) is 24.2 Å². The van der Waals surface area contributed by atoms with E-state index >= 15 is 0 Å². The minimum Gasteiger partial charge on any atom is -0.368 e. The van der Waals surface area contributed by atoms with Crippen molar-refractivity contribution in [3.05, 3.63) is 83.4 Å². The summed E-state index contributed by atoms with van der Waals surface area (Å²) in [5, 5.41) is 0. The molecule has 5 rings (SSSR count). The zero-order valence-corrected chi connectivity index (χ0v) is 21.0. The van der Waals surface area contributed by atoms with E-state index in [2.05, 4.69) is 51.6 Å². The minimum atomic E-state index is -3.81. The smallest absolute Gasteiger partial charge is 0.263 e. The Hall–Kier alpha value is -3.65. The van der Waals surface area contributed by atoms with Gasteiger partial charge in [-0.05, 0) is 62.2 Å². The molecule has 0 bridgehead atoms. The van der Waals surface area contributed by atoms with Gasteiger partial charge in [0.05, 0.1) is 15.9 Å². The summed E-state index contributed by atoms with van der Waals surface area (Å²) < 4.78 is 29.1. The number of para-hydroxylation sites is 2. The van der Waals surface area contributed by atoms with E-state index in [1.807, 2.05) is 31.2 Å². The molecule has 0 saturated carbocycles. The van der Waals surface area contributed by atoms with Crippen molar-refractivity contribution in [3.8, 4) is 0 Å². The number of aryl methyl sites for hydroxylation is 3. The molecule has 4 aromatic rings. The highest BCUT2D eigenvalue weighted by Gasteiger charge is 2.25. The Morgan fingerprint density at radius 3 is 2.03 bits per heavy atom. The van der Waals surface area contributed by atoms with E-state index < -0.39 is 10.0 Å². The van der Waals surface area contributed by atoms with Crippen LogP contribution in [-0.2, 0) is 10.0 Å². The van der Waals surface area contributed by atoms with Crippen LogP contribution in [0.3, 0.4) is 0 Å². The van der Waals surface area contributed by atoms with Crippen LogP contribution < -0.4 is 14.5 Å². The topological polar surface area (TPSA) is 78.4 Å². The third kappa shape index (κ3) is 4.79. The number of sulfonamides is 1. The number of nitrogens with zero attached hydrogens (tertiary/aromatic N) is 4. The van der Waals surface area contributed by atoms with Gasteiger partial charge in [-0.25, -0.2) is 18.4 Å². The van der Waals surface area contributed by atoms with E-state index in [-0.39, 0.29) is 10.7 Å². The number of hydrogen-bond acceptors (Lipinski definition) is 6. The Morgan fingerprint density at radius 1 is 0.743 bits per heavy atom. The van der Waals surface area contributed by atoms with E-state index in [0.29, 0.717) is 24.4 Å². The van der Waals surface area contributed by atoms with Crippen LogP contribution in [0.25, 0.3) is 11.0 Å². The fraction of sp³-hybridized carbons (Fsp3) is 0.259. The lowest BCUT2D eigenvalue weighted by molar-refractivity contribution is 0.600. The Balaban J connectivity index is 1.46. The normalized spacial score (nSPS) is 14.4. The molecule has 0 unspecified atom stereocenters. The zero-order chi connectivity index (χ0) is 24.6. The summed E-state index contributed by atoms with van der Waals surface area (Å²) in [6, 6.07) is 20.8. The molecular formula is C27H29N5O2S. The number of rotatable bonds is 5. The van der Waals surface area contributed by atoms with Crippen molar-refractivity contribution >= 4 is 38.4 Å². The van der Waals surface area contributed by atoms with Crippen LogP contribution in [0, 0.1) is 20.8 Å². The second-order valence-electron chi connectivity index (χ2n) is 9.07. The fourth-order valence-electron chi connectivity index (χ4n) is 4.40. The zero-order valence-electron chi connectivity index (χ0n) is 20.2. The molecule has 1 aliphatic rings. The lowest BCUT2D eigenvalue weighted by Gasteiger charge is -2.38. The molecule has 0 amide bonds. The predicted molar refractivity (Wildman–Crippen MR) is 142 cm³/mol. The van der Waals surface area contributed by atoms with E-state index in [1.54, 1.807) is 24.3 Å². The molecule has 0 spiro atoms. The minimum absolute atomic E-state index is 0.198. The number of piperazine rings is 1. The maximum Gasteiger partial charge on any atom is 0.263 e. The van der Waals surface area contributed by atoms with Crippen molar-refractivity contribution in [2.24, 2.45) is 0 Å². The molecule has 1 aromatic heterocycles. The van der Waals surface area contributed by atoms with Crippen molar-refractivity contribution in [2.45, 2.75) is 25.7 Å². The number of anilines is 3. The molecule has 1 saturated heterocycles. The van der Waals surface area contributed by atoms with Gasteiger partial charge in [-0.3, -0.25) is 4.72 Å².